The molecule has 0 spiro atoms. The van der Waals surface area contributed by atoms with Crippen LogP contribution >= 0.6 is 0 Å². The number of aromatic nitrogens is 3. The number of nitrogen functional groups attached to an aromatic ring is 1. The smallest absolute Gasteiger partial charge is 0.243 e. The summed E-state index contributed by atoms with van der Waals surface area (Å²) >= 11 is 0. The van der Waals surface area contributed by atoms with Crippen molar-refractivity contribution in [1.29, 1.82) is 0 Å². The SMILES string of the molecule is CC1CC1CN(C)c1nc(NN)nc(N2CCOCC2)n1. The Hall–Kier alpha value is -1.67. The van der Waals surface area contributed by atoms with Gasteiger partial charge >= 0.3 is 0 Å². The van der Waals surface area contributed by atoms with E-state index >= 15 is 0 Å². The zero-order chi connectivity index (χ0) is 14.8. The maximum Gasteiger partial charge on any atom is 0.243 e. The third-order valence-electron chi connectivity index (χ3n) is 4.16. The molecule has 1 aromatic heterocycles. The molecule has 8 heteroatoms. The summed E-state index contributed by atoms with van der Waals surface area (Å²) in [5, 5.41) is 0. The van der Waals surface area contributed by atoms with E-state index in [1.807, 2.05) is 7.05 Å². The molecule has 0 aromatic carbocycles. The number of anilines is 3. The second kappa shape index (κ2) is 5.98. The van der Waals surface area contributed by atoms with E-state index in [2.05, 4.69) is 37.1 Å². The molecule has 1 aromatic rings. The van der Waals surface area contributed by atoms with Crippen LogP contribution in [-0.4, -0.2) is 54.8 Å². The molecule has 2 atom stereocenters. The van der Waals surface area contributed by atoms with Crippen molar-refractivity contribution in [2.24, 2.45) is 17.7 Å². The minimum absolute atomic E-state index is 0.400. The summed E-state index contributed by atoms with van der Waals surface area (Å²) in [6.07, 6.45) is 1.29. The number of nitrogens with two attached hydrogens (primary N) is 1. The fourth-order valence-electron chi connectivity index (χ4n) is 2.58. The Balaban J connectivity index is 1.78. The van der Waals surface area contributed by atoms with Gasteiger partial charge < -0.3 is 14.5 Å². The number of nitrogens with one attached hydrogen (secondary N) is 1. The topological polar surface area (TPSA) is 92.4 Å². The van der Waals surface area contributed by atoms with Gasteiger partial charge in [-0.05, 0) is 18.3 Å². The minimum Gasteiger partial charge on any atom is -0.378 e. The number of rotatable bonds is 5. The van der Waals surface area contributed by atoms with Gasteiger partial charge in [-0.2, -0.15) is 15.0 Å². The van der Waals surface area contributed by atoms with Crippen molar-refractivity contribution in [3.05, 3.63) is 0 Å². The third kappa shape index (κ3) is 3.33. The maximum atomic E-state index is 5.49. The third-order valence-corrected chi connectivity index (χ3v) is 4.16. The molecule has 21 heavy (non-hydrogen) atoms. The van der Waals surface area contributed by atoms with Crippen LogP contribution in [0.5, 0.6) is 0 Å². The summed E-state index contributed by atoms with van der Waals surface area (Å²) in [6, 6.07) is 0. The number of hydrogen-bond donors (Lipinski definition) is 2. The molecule has 1 saturated heterocycles. The molecule has 0 radical (unpaired) electrons. The molecule has 116 valence electrons. The lowest BCUT2D eigenvalue weighted by atomic mass is 10.3. The molecule has 1 aliphatic heterocycles. The van der Waals surface area contributed by atoms with Crippen molar-refractivity contribution in [2.45, 2.75) is 13.3 Å². The zero-order valence-electron chi connectivity index (χ0n) is 12.6. The summed E-state index contributed by atoms with van der Waals surface area (Å²) in [7, 11) is 2.02. The molecule has 2 heterocycles. The van der Waals surface area contributed by atoms with E-state index < -0.39 is 0 Å². The van der Waals surface area contributed by atoms with Crippen LogP contribution in [0.1, 0.15) is 13.3 Å². The highest BCUT2D eigenvalue weighted by Crippen LogP contribution is 2.38. The first-order valence-corrected chi connectivity index (χ1v) is 7.44. The van der Waals surface area contributed by atoms with Crippen molar-refractivity contribution in [1.82, 2.24) is 15.0 Å². The van der Waals surface area contributed by atoms with Crippen LogP contribution in [0.25, 0.3) is 0 Å². The van der Waals surface area contributed by atoms with Crippen LogP contribution in [0.2, 0.25) is 0 Å². The van der Waals surface area contributed by atoms with Crippen LogP contribution in [0.3, 0.4) is 0 Å². The molecule has 3 N–H and O–H groups in total. The molecule has 3 rings (SSSR count). The van der Waals surface area contributed by atoms with Gasteiger partial charge in [0.05, 0.1) is 13.2 Å². The Bertz CT molecular complexity index is 491. The summed E-state index contributed by atoms with van der Waals surface area (Å²) in [6.45, 7) is 6.22. The Labute approximate surface area is 124 Å². The Morgan fingerprint density at radius 3 is 2.67 bits per heavy atom. The molecule has 2 unspecified atom stereocenters. The molecule has 2 fully saturated rings. The summed E-state index contributed by atoms with van der Waals surface area (Å²) in [5.74, 6) is 8.76. The standard InChI is InChI=1S/C13H23N7O/c1-9-7-10(9)8-19(2)12-15-11(18-14)16-13(17-12)20-3-5-21-6-4-20/h9-10H,3-8,14H2,1-2H3,(H,15,16,17,18). The highest BCUT2D eigenvalue weighted by atomic mass is 16.5. The van der Waals surface area contributed by atoms with Crippen molar-refractivity contribution >= 4 is 17.8 Å². The largest absolute Gasteiger partial charge is 0.378 e. The first kappa shape index (κ1) is 14.3. The maximum absolute atomic E-state index is 5.49. The fraction of sp³-hybridized carbons (Fsp3) is 0.769. The zero-order valence-corrected chi connectivity index (χ0v) is 12.6. The van der Waals surface area contributed by atoms with Crippen LogP contribution in [0, 0.1) is 11.8 Å². The number of ether oxygens (including phenoxy) is 1. The number of morpholine rings is 1. The van der Waals surface area contributed by atoms with E-state index in [4.69, 9.17) is 10.6 Å². The molecule has 1 aliphatic carbocycles. The Morgan fingerprint density at radius 2 is 2.05 bits per heavy atom. The highest BCUT2D eigenvalue weighted by Gasteiger charge is 2.34. The molecular weight excluding hydrogens is 270 g/mol. The second-order valence-corrected chi connectivity index (χ2v) is 5.86. The lowest BCUT2D eigenvalue weighted by Crippen LogP contribution is -2.38. The Kier molecular flexibility index (Phi) is 4.07. The van der Waals surface area contributed by atoms with E-state index in [0.717, 1.165) is 31.5 Å². The van der Waals surface area contributed by atoms with Crippen molar-refractivity contribution < 1.29 is 4.74 Å². The predicted octanol–water partition coefficient (Wildman–Crippen LogP) is 0.0860. The lowest BCUT2D eigenvalue weighted by Gasteiger charge is -2.27. The predicted molar refractivity (Wildman–Crippen MR) is 81.2 cm³/mol. The molecule has 0 amide bonds. The molecule has 2 aliphatic rings. The summed E-state index contributed by atoms with van der Waals surface area (Å²) in [5.41, 5.74) is 2.53. The highest BCUT2D eigenvalue weighted by molar-refractivity contribution is 5.44. The molecule has 0 bridgehead atoms. The van der Waals surface area contributed by atoms with Gasteiger partial charge in [0.1, 0.15) is 0 Å². The summed E-state index contributed by atoms with van der Waals surface area (Å²) in [4.78, 5) is 17.5. The number of nitrogens with zero attached hydrogens (tertiary/aromatic N) is 5. The molecule has 8 nitrogen and oxygen atoms in total. The van der Waals surface area contributed by atoms with E-state index in [9.17, 15) is 0 Å². The fourth-order valence-corrected chi connectivity index (χ4v) is 2.58. The lowest BCUT2D eigenvalue weighted by molar-refractivity contribution is 0.122. The minimum atomic E-state index is 0.400. The Morgan fingerprint density at radius 1 is 1.33 bits per heavy atom. The molecular formula is C13H23N7O. The monoisotopic (exact) mass is 293 g/mol. The van der Waals surface area contributed by atoms with Crippen molar-refractivity contribution in [3.8, 4) is 0 Å². The number of hydrazine groups is 1. The van der Waals surface area contributed by atoms with Gasteiger partial charge in [-0.3, -0.25) is 5.43 Å². The number of hydrogen-bond acceptors (Lipinski definition) is 8. The normalized spacial score (nSPS) is 24.8. The average Bonchev–Trinajstić information content (AvgIpc) is 3.22. The van der Waals surface area contributed by atoms with Gasteiger partial charge in [-0.25, -0.2) is 5.84 Å². The van der Waals surface area contributed by atoms with Gasteiger partial charge in [0.2, 0.25) is 17.8 Å². The first-order chi connectivity index (χ1) is 10.2. The summed E-state index contributed by atoms with van der Waals surface area (Å²) < 4.78 is 5.36. The first-order valence-electron chi connectivity index (χ1n) is 7.44. The van der Waals surface area contributed by atoms with Crippen LogP contribution in [0.4, 0.5) is 17.8 Å². The van der Waals surface area contributed by atoms with E-state index in [-0.39, 0.29) is 0 Å². The van der Waals surface area contributed by atoms with Gasteiger partial charge in [-0.1, -0.05) is 6.92 Å². The average molecular weight is 293 g/mol. The molecule has 1 saturated carbocycles. The van der Waals surface area contributed by atoms with Crippen molar-refractivity contribution in [3.63, 3.8) is 0 Å². The quantitative estimate of drug-likeness (QED) is 0.583. The van der Waals surface area contributed by atoms with Crippen LogP contribution < -0.4 is 21.1 Å². The van der Waals surface area contributed by atoms with Gasteiger partial charge in [0.15, 0.2) is 0 Å². The van der Waals surface area contributed by atoms with Gasteiger partial charge in [-0.15, -0.1) is 0 Å². The van der Waals surface area contributed by atoms with Gasteiger partial charge in [0, 0.05) is 26.7 Å². The van der Waals surface area contributed by atoms with E-state index in [1.165, 1.54) is 6.42 Å². The van der Waals surface area contributed by atoms with E-state index in [0.29, 0.717) is 31.1 Å². The van der Waals surface area contributed by atoms with Crippen molar-refractivity contribution in [2.75, 3.05) is 55.1 Å². The van der Waals surface area contributed by atoms with Crippen LogP contribution in [0.15, 0.2) is 0 Å². The van der Waals surface area contributed by atoms with Gasteiger partial charge in [0.25, 0.3) is 0 Å². The van der Waals surface area contributed by atoms with E-state index in [1.54, 1.807) is 0 Å². The van der Waals surface area contributed by atoms with Crippen LogP contribution in [-0.2, 0) is 4.74 Å². The second-order valence-electron chi connectivity index (χ2n) is 5.86.